The van der Waals surface area contributed by atoms with Crippen LogP contribution in [0.25, 0.3) is 0 Å². The summed E-state index contributed by atoms with van der Waals surface area (Å²) in [7, 11) is 3.57. The molecule has 2 heterocycles. The number of rotatable bonds is 6. The smallest absolute Gasteiger partial charge is 0.213 e. The molecule has 0 aliphatic rings. The van der Waals surface area contributed by atoms with E-state index in [4.69, 9.17) is 4.74 Å². The number of hydrogen-bond acceptors (Lipinski definition) is 4. The van der Waals surface area contributed by atoms with Gasteiger partial charge in [-0.3, -0.25) is 0 Å². The fraction of sp³-hybridized carbons (Fsp3) is 0.385. The fourth-order valence-corrected chi connectivity index (χ4v) is 1.72. The number of nitrogens with zero attached hydrogens (tertiary/aromatic N) is 3. The lowest BCUT2D eigenvalue weighted by Gasteiger charge is -2.03. The van der Waals surface area contributed by atoms with Crippen LogP contribution in [-0.2, 0) is 13.0 Å². The first-order chi connectivity index (χ1) is 8.81. The van der Waals surface area contributed by atoms with Crippen molar-refractivity contribution in [1.82, 2.24) is 19.9 Å². The molecule has 0 radical (unpaired) electrons. The third-order valence-corrected chi connectivity index (χ3v) is 2.65. The summed E-state index contributed by atoms with van der Waals surface area (Å²) in [4.78, 5) is 8.73. The zero-order valence-electron chi connectivity index (χ0n) is 10.8. The zero-order valence-corrected chi connectivity index (χ0v) is 10.8. The van der Waals surface area contributed by atoms with Gasteiger partial charge in [-0.05, 0) is 13.1 Å². The van der Waals surface area contributed by atoms with Crippen molar-refractivity contribution in [2.75, 3.05) is 20.7 Å². The lowest BCUT2D eigenvalue weighted by Crippen LogP contribution is -2.10. The van der Waals surface area contributed by atoms with Crippen molar-refractivity contribution >= 4 is 0 Å². The van der Waals surface area contributed by atoms with Gasteiger partial charge in [0.2, 0.25) is 5.88 Å². The minimum absolute atomic E-state index is 0.642. The third kappa shape index (κ3) is 3.30. The normalized spacial score (nSPS) is 10.6. The molecule has 0 aliphatic heterocycles. The van der Waals surface area contributed by atoms with Crippen LogP contribution in [0, 0.1) is 0 Å². The van der Waals surface area contributed by atoms with Crippen molar-refractivity contribution in [3.8, 4) is 5.88 Å². The molecule has 0 amide bonds. The summed E-state index contributed by atoms with van der Waals surface area (Å²) >= 11 is 0. The molecule has 0 unspecified atom stereocenters. The van der Waals surface area contributed by atoms with E-state index in [-0.39, 0.29) is 0 Å². The summed E-state index contributed by atoms with van der Waals surface area (Å²) in [6.07, 6.45) is 4.83. The Kier molecular flexibility index (Phi) is 4.30. The maximum Gasteiger partial charge on any atom is 0.213 e. The monoisotopic (exact) mass is 246 g/mol. The number of aromatic nitrogens is 3. The van der Waals surface area contributed by atoms with Gasteiger partial charge in [-0.15, -0.1) is 0 Å². The second kappa shape index (κ2) is 6.16. The van der Waals surface area contributed by atoms with Gasteiger partial charge in [-0.2, -0.15) is 0 Å². The Hall–Kier alpha value is -1.88. The molecule has 1 N–H and O–H groups in total. The topological polar surface area (TPSA) is 52.0 Å². The molecule has 96 valence electrons. The lowest BCUT2D eigenvalue weighted by atomic mass is 10.3. The summed E-state index contributed by atoms with van der Waals surface area (Å²) in [6, 6.07) is 5.77. The Morgan fingerprint density at radius 2 is 2.22 bits per heavy atom. The molecule has 2 aromatic heterocycles. The fourth-order valence-electron chi connectivity index (χ4n) is 1.72. The van der Waals surface area contributed by atoms with Gasteiger partial charge in [0.15, 0.2) is 0 Å². The third-order valence-electron chi connectivity index (χ3n) is 2.65. The first kappa shape index (κ1) is 12.6. The largest absolute Gasteiger partial charge is 0.481 e. The van der Waals surface area contributed by atoms with Crippen LogP contribution in [0.3, 0.4) is 0 Å². The number of pyridine rings is 1. The first-order valence-electron chi connectivity index (χ1n) is 5.97. The molecule has 2 aromatic rings. The van der Waals surface area contributed by atoms with Crippen LogP contribution < -0.4 is 10.1 Å². The van der Waals surface area contributed by atoms with E-state index in [2.05, 4.69) is 21.5 Å². The number of nitrogens with one attached hydrogen (secondary N) is 1. The predicted octanol–water partition coefficient (Wildman–Crippen LogP) is 1.10. The standard InChI is InChI=1S/C13H18N4O/c1-14-7-6-11-8-17(10-15-11)9-12-4-3-5-13(16-12)18-2/h3-5,8,10,14H,6-7,9H2,1-2H3. The van der Waals surface area contributed by atoms with Gasteiger partial charge in [-0.25, -0.2) is 9.97 Å². The molecule has 0 bridgehead atoms. The highest BCUT2D eigenvalue weighted by Crippen LogP contribution is 2.08. The van der Waals surface area contributed by atoms with Crippen LogP contribution in [0.5, 0.6) is 5.88 Å². The minimum atomic E-state index is 0.642. The van der Waals surface area contributed by atoms with Crippen LogP contribution in [0.2, 0.25) is 0 Å². The van der Waals surface area contributed by atoms with Gasteiger partial charge in [0.25, 0.3) is 0 Å². The molecular formula is C13H18N4O. The Balaban J connectivity index is 2.01. The lowest BCUT2D eigenvalue weighted by molar-refractivity contribution is 0.396. The molecule has 0 saturated carbocycles. The van der Waals surface area contributed by atoms with Gasteiger partial charge in [0.05, 0.1) is 31.4 Å². The molecule has 0 saturated heterocycles. The molecular weight excluding hydrogens is 228 g/mol. The Morgan fingerprint density at radius 3 is 3.00 bits per heavy atom. The maximum atomic E-state index is 5.11. The summed E-state index contributed by atoms with van der Waals surface area (Å²) in [6.45, 7) is 1.65. The number of likely N-dealkylation sites (N-methyl/N-ethyl adjacent to an activating group) is 1. The number of ether oxygens (including phenoxy) is 1. The van der Waals surface area contributed by atoms with Crippen molar-refractivity contribution < 1.29 is 4.74 Å². The second-order valence-corrected chi connectivity index (χ2v) is 4.06. The molecule has 2 rings (SSSR count). The van der Waals surface area contributed by atoms with Gasteiger partial charge in [-0.1, -0.05) is 6.07 Å². The van der Waals surface area contributed by atoms with Crippen molar-refractivity contribution in [2.45, 2.75) is 13.0 Å². The van der Waals surface area contributed by atoms with Gasteiger partial charge < -0.3 is 14.6 Å². The molecule has 0 spiro atoms. The molecule has 5 heteroatoms. The second-order valence-electron chi connectivity index (χ2n) is 4.06. The highest BCUT2D eigenvalue weighted by atomic mass is 16.5. The van der Waals surface area contributed by atoms with E-state index in [1.807, 2.05) is 36.1 Å². The van der Waals surface area contributed by atoms with E-state index >= 15 is 0 Å². The van der Waals surface area contributed by atoms with Gasteiger partial charge in [0.1, 0.15) is 0 Å². The molecule has 5 nitrogen and oxygen atoms in total. The summed E-state index contributed by atoms with van der Waals surface area (Å²) in [5.74, 6) is 0.642. The van der Waals surface area contributed by atoms with E-state index in [0.29, 0.717) is 12.4 Å². The Bertz CT molecular complexity index is 495. The first-order valence-corrected chi connectivity index (χ1v) is 5.97. The highest BCUT2D eigenvalue weighted by molar-refractivity contribution is 5.16. The average molecular weight is 246 g/mol. The predicted molar refractivity (Wildman–Crippen MR) is 69.7 cm³/mol. The number of methoxy groups -OCH3 is 1. The molecule has 0 fully saturated rings. The summed E-state index contributed by atoms with van der Waals surface area (Å²) in [5, 5.41) is 3.11. The van der Waals surface area contributed by atoms with Crippen LogP contribution in [0.15, 0.2) is 30.7 Å². The van der Waals surface area contributed by atoms with Gasteiger partial charge in [0, 0.05) is 25.2 Å². The SMILES string of the molecule is CNCCc1cn(Cc2cccc(OC)n2)cn1. The molecule has 0 aromatic carbocycles. The maximum absolute atomic E-state index is 5.11. The zero-order chi connectivity index (χ0) is 12.8. The van der Waals surface area contributed by atoms with E-state index in [0.717, 1.165) is 24.4 Å². The highest BCUT2D eigenvalue weighted by Gasteiger charge is 2.01. The minimum Gasteiger partial charge on any atom is -0.481 e. The van der Waals surface area contributed by atoms with Crippen molar-refractivity contribution in [3.05, 3.63) is 42.1 Å². The van der Waals surface area contributed by atoms with E-state index < -0.39 is 0 Å². The Morgan fingerprint density at radius 1 is 1.33 bits per heavy atom. The van der Waals surface area contributed by atoms with Crippen molar-refractivity contribution in [2.24, 2.45) is 0 Å². The summed E-state index contributed by atoms with van der Waals surface area (Å²) in [5.41, 5.74) is 2.05. The number of hydrogen-bond donors (Lipinski definition) is 1. The average Bonchev–Trinajstić information content (AvgIpc) is 2.84. The quantitative estimate of drug-likeness (QED) is 0.829. The van der Waals surface area contributed by atoms with Crippen LogP contribution in [-0.4, -0.2) is 35.2 Å². The van der Waals surface area contributed by atoms with Crippen LogP contribution >= 0.6 is 0 Å². The molecule has 18 heavy (non-hydrogen) atoms. The van der Waals surface area contributed by atoms with Crippen molar-refractivity contribution in [1.29, 1.82) is 0 Å². The van der Waals surface area contributed by atoms with Gasteiger partial charge >= 0.3 is 0 Å². The van der Waals surface area contributed by atoms with E-state index in [9.17, 15) is 0 Å². The molecule has 0 aliphatic carbocycles. The van der Waals surface area contributed by atoms with Crippen LogP contribution in [0.1, 0.15) is 11.4 Å². The molecule has 0 atom stereocenters. The Labute approximate surface area is 107 Å². The van der Waals surface area contributed by atoms with Crippen molar-refractivity contribution in [3.63, 3.8) is 0 Å². The van der Waals surface area contributed by atoms with E-state index in [1.165, 1.54) is 0 Å². The summed E-state index contributed by atoms with van der Waals surface area (Å²) < 4.78 is 7.14. The number of imidazole rings is 1. The van der Waals surface area contributed by atoms with Crippen LogP contribution in [0.4, 0.5) is 0 Å². The van der Waals surface area contributed by atoms with E-state index in [1.54, 1.807) is 7.11 Å².